The quantitative estimate of drug-likeness (QED) is 0.926. The van der Waals surface area contributed by atoms with E-state index >= 15 is 0 Å². The molecule has 2 aromatic rings. The number of ether oxygens (including phenoxy) is 1. The number of alkyl halides is 3. The van der Waals surface area contributed by atoms with Crippen LogP contribution in [0.15, 0.2) is 42.9 Å². The summed E-state index contributed by atoms with van der Waals surface area (Å²) in [5, 5.41) is 3.01. The summed E-state index contributed by atoms with van der Waals surface area (Å²) in [6.07, 6.45) is 0.0623. The number of benzene rings is 1. The van der Waals surface area contributed by atoms with E-state index in [1.165, 1.54) is 24.3 Å². The van der Waals surface area contributed by atoms with Crippen molar-refractivity contribution in [1.29, 1.82) is 0 Å². The van der Waals surface area contributed by atoms with E-state index in [0.29, 0.717) is 12.2 Å². The predicted octanol–water partition coefficient (Wildman–Crippen LogP) is 2.99. The second-order valence-electron chi connectivity index (χ2n) is 3.62. The molecule has 1 aromatic heterocycles. The Kier molecular flexibility index (Phi) is 3.84. The first kappa shape index (κ1) is 13.1. The molecule has 1 heterocycles. The maximum atomic E-state index is 12.0. The topological polar surface area (TPSA) is 47.0 Å². The van der Waals surface area contributed by atoms with Gasteiger partial charge in [-0.15, -0.1) is 13.2 Å². The molecule has 0 spiro atoms. The largest absolute Gasteiger partial charge is 0.573 e. The minimum Gasteiger partial charge on any atom is -0.406 e. The third-order valence-corrected chi connectivity index (χ3v) is 2.18. The number of rotatable bonds is 4. The molecule has 2 rings (SSSR count). The molecule has 0 fully saturated rings. The van der Waals surface area contributed by atoms with Crippen molar-refractivity contribution in [2.75, 3.05) is 5.32 Å². The molecule has 7 heteroatoms. The third-order valence-electron chi connectivity index (χ3n) is 2.18. The van der Waals surface area contributed by atoms with E-state index in [0.717, 1.165) is 5.69 Å². The fourth-order valence-corrected chi connectivity index (χ4v) is 1.39. The van der Waals surface area contributed by atoms with Gasteiger partial charge in [-0.2, -0.15) is 0 Å². The van der Waals surface area contributed by atoms with E-state index in [2.05, 4.69) is 20.0 Å². The number of anilines is 1. The maximum absolute atomic E-state index is 12.0. The van der Waals surface area contributed by atoms with E-state index in [4.69, 9.17) is 0 Å². The average molecular weight is 269 g/mol. The molecule has 0 atom stereocenters. The van der Waals surface area contributed by atoms with Crippen molar-refractivity contribution < 1.29 is 17.9 Å². The highest BCUT2D eigenvalue weighted by Crippen LogP contribution is 2.23. The van der Waals surface area contributed by atoms with Gasteiger partial charge in [0.25, 0.3) is 0 Å². The zero-order valence-electron chi connectivity index (χ0n) is 9.69. The first-order chi connectivity index (χ1) is 9.03. The summed E-state index contributed by atoms with van der Waals surface area (Å²) >= 11 is 0. The van der Waals surface area contributed by atoms with Crippen LogP contribution in [0.3, 0.4) is 0 Å². The van der Waals surface area contributed by atoms with Gasteiger partial charge in [-0.25, -0.2) is 0 Å². The molecule has 1 aromatic carbocycles. The molecule has 0 radical (unpaired) electrons. The number of hydrogen-bond donors (Lipinski definition) is 1. The van der Waals surface area contributed by atoms with Crippen LogP contribution in [0.2, 0.25) is 0 Å². The van der Waals surface area contributed by atoms with Gasteiger partial charge in [0.1, 0.15) is 5.75 Å². The number of aromatic nitrogens is 2. The van der Waals surface area contributed by atoms with Crippen molar-refractivity contribution >= 4 is 5.69 Å². The van der Waals surface area contributed by atoms with E-state index in [9.17, 15) is 13.2 Å². The summed E-state index contributed by atoms with van der Waals surface area (Å²) in [4.78, 5) is 7.97. The van der Waals surface area contributed by atoms with Gasteiger partial charge in [0, 0.05) is 18.1 Å². The number of hydrogen-bond acceptors (Lipinski definition) is 4. The molecule has 0 aliphatic heterocycles. The minimum atomic E-state index is -4.67. The lowest BCUT2D eigenvalue weighted by atomic mass is 10.3. The van der Waals surface area contributed by atoms with Crippen molar-refractivity contribution in [1.82, 2.24) is 9.97 Å². The average Bonchev–Trinajstić information content (AvgIpc) is 2.37. The van der Waals surface area contributed by atoms with Gasteiger partial charge in [0.2, 0.25) is 0 Å². The smallest absolute Gasteiger partial charge is 0.406 e. The highest BCUT2D eigenvalue weighted by atomic mass is 19.4. The Hall–Kier alpha value is -2.31. The first-order valence-electron chi connectivity index (χ1n) is 5.37. The molecule has 0 aliphatic rings. The van der Waals surface area contributed by atoms with E-state index in [1.54, 1.807) is 18.6 Å². The maximum Gasteiger partial charge on any atom is 0.573 e. The van der Waals surface area contributed by atoms with Crippen LogP contribution in [0, 0.1) is 0 Å². The highest BCUT2D eigenvalue weighted by Gasteiger charge is 2.30. The Morgan fingerprint density at radius 3 is 2.42 bits per heavy atom. The molecule has 19 heavy (non-hydrogen) atoms. The molecule has 0 amide bonds. The molecule has 1 N–H and O–H groups in total. The van der Waals surface area contributed by atoms with Crippen LogP contribution in [-0.4, -0.2) is 16.3 Å². The number of nitrogens with zero attached hydrogens (tertiary/aromatic N) is 2. The number of halogens is 3. The molecule has 0 saturated carbocycles. The molecule has 0 aliphatic carbocycles. The third kappa shape index (κ3) is 4.46. The monoisotopic (exact) mass is 269 g/mol. The zero-order chi connectivity index (χ0) is 13.7. The molecule has 4 nitrogen and oxygen atoms in total. The van der Waals surface area contributed by atoms with Gasteiger partial charge in [0.05, 0.1) is 18.4 Å². The summed E-state index contributed by atoms with van der Waals surface area (Å²) in [5.74, 6) is -0.252. The number of nitrogens with one attached hydrogen (secondary N) is 1. The van der Waals surface area contributed by atoms with Crippen LogP contribution in [-0.2, 0) is 6.54 Å². The van der Waals surface area contributed by atoms with Gasteiger partial charge in [-0.05, 0) is 24.3 Å². The lowest BCUT2D eigenvalue weighted by molar-refractivity contribution is -0.274. The Labute approximate surface area is 107 Å². The summed E-state index contributed by atoms with van der Waals surface area (Å²) in [6, 6.07) is 5.48. The normalized spacial score (nSPS) is 11.1. The lowest BCUT2D eigenvalue weighted by Crippen LogP contribution is -2.17. The van der Waals surface area contributed by atoms with Crippen LogP contribution in [0.1, 0.15) is 5.69 Å². The van der Waals surface area contributed by atoms with Gasteiger partial charge < -0.3 is 10.1 Å². The van der Waals surface area contributed by atoms with E-state index in [-0.39, 0.29) is 5.75 Å². The van der Waals surface area contributed by atoms with Gasteiger partial charge in [-0.3, -0.25) is 9.97 Å². The molecule has 0 bridgehead atoms. The molecule has 0 unspecified atom stereocenters. The van der Waals surface area contributed by atoms with Gasteiger partial charge in [-0.1, -0.05) is 0 Å². The summed E-state index contributed by atoms with van der Waals surface area (Å²) < 4.78 is 39.6. The van der Waals surface area contributed by atoms with Crippen molar-refractivity contribution in [2.24, 2.45) is 0 Å². The van der Waals surface area contributed by atoms with Crippen molar-refractivity contribution in [3.8, 4) is 5.75 Å². The van der Waals surface area contributed by atoms with E-state index < -0.39 is 6.36 Å². The van der Waals surface area contributed by atoms with Crippen LogP contribution < -0.4 is 10.1 Å². The zero-order valence-corrected chi connectivity index (χ0v) is 9.69. The Bertz CT molecular complexity index is 514. The minimum absolute atomic E-state index is 0.252. The Morgan fingerprint density at radius 1 is 1.11 bits per heavy atom. The molecule has 100 valence electrons. The summed E-state index contributed by atoms with van der Waals surface area (Å²) in [7, 11) is 0. The fraction of sp³-hybridized carbons (Fsp3) is 0.167. The SMILES string of the molecule is FC(F)(F)Oc1ccc(NCc2cnccn2)cc1. The first-order valence-corrected chi connectivity index (χ1v) is 5.37. The second kappa shape index (κ2) is 5.55. The lowest BCUT2D eigenvalue weighted by Gasteiger charge is -2.10. The van der Waals surface area contributed by atoms with Crippen molar-refractivity contribution in [3.63, 3.8) is 0 Å². The van der Waals surface area contributed by atoms with Gasteiger partial charge in [0.15, 0.2) is 0 Å². The molecular formula is C12H10F3N3O. The highest BCUT2D eigenvalue weighted by molar-refractivity contribution is 5.46. The second-order valence-corrected chi connectivity index (χ2v) is 3.62. The fourth-order valence-electron chi connectivity index (χ4n) is 1.39. The standard InChI is InChI=1S/C12H10F3N3O/c13-12(14,15)19-11-3-1-9(2-4-11)18-8-10-7-16-5-6-17-10/h1-7,18H,8H2. The summed E-state index contributed by atoms with van der Waals surface area (Å²) in [5.41, 5.74) is 1.40. The van der Waals surface area contributed by atoms with Crippen LogP contribution in [0.25, 0.3) is 0 Å². The predicted molar refractivity (Wildman–Crippen MR) is 62.5 cm³/mol. The van der Waals surface area contributed by atoms with Crippen molar-refractivity contribution in [2.45, 2.75) is 12.9 Å². The Morgan fingerprint density at radius 2 is 1.84 bits per heavy atom. The molecule has 0 saturated heterocycles. The van der Waals surface area contributed by atoms with Crippen LogP contribution in [0.5, 0.6) is 5.75 Å². The van der Waals surface area contributed by atoms with Crippen molar-refractivity contribution in [3.05, 3.63) is 48.5 Å². The van der Waals surface area contributed by atoms with Gasteiger partial charge >= 0.3 is 6.36 Å². The van der Waals surface area contributed by atoms with E-state index in [1.807, 2.05) is 0 Å². The Balaban J connectivity index is 1.92. The summed E-state index contributed by atoms with van der Waals surface area (Å²) in [6.45, 7) is 0.438. The van der Waals surface area contributed by atoms with Crippen LogP contribution >= 0.6 is 0 Å². The van der Waals surface area contributed by atoms with Crippen LogP contribution in [0.4, 0.5) is 18.9 Å². The molecular weight excluding hydrogens is 259 g/mol.